The minimum absolute atomic E-state index is 0.162. The monoisotopic (exact) mass is 343 g/mol. The molecule has 1 unspecified atom stereocenters. The Morgan fingerprint density at radius 3 is 2.52 bits per heavy atom. The van der Waals surface area contributed by atoms with Crippen LogP contribution in [0.4, 0.5) is 4.39 Å². The molecule has 1 aromatic rings. The number of benzene rings is 1. The van der Waals surface area contributed by atoms with E-state index >= 15 is 0 Å². The van der Waals surface area contributed by atoms with Crippen molar-refractivity contribution in [2.75, 3.05) is 19.7 Å². The Balaban J connectivity index is 1.72. The number of hydrogen-bond acceptors (Lipinski definition) is 4. The molecular formula is C15H18FNO5S. The van der Waals surface area contributed by atoms with Crippen LogP contribution in [0.5, 0.6) is 0 Å². The number of carboxylic acids is 1. The van der Waals surface area contributed by atoms with Crippen LogP contribution in [0.25, 0.3) is 0 Å². The third-order valence-corrected chi connectivity index (χ3v) is 6.58. The highest BCUT2D eigenvalue weighted by molar-refractivity contribution is 7.89. The predicted molar refractivity (Wildman–Crippen MR) is 78.8 cm³/mol. The quantitative estimate of drug-likeness (QED) is 0.898. The van der Waals surface area contributed by atoms with E-state index in [-0.39, 0.29) is 24.6 Å². The van der Waals surface area contributed by atoms with Gasteiger partial charge in [-0.05, 0) is 31.4 Å². The van der Waals surface area contributed by atoms with Crippen LogP contribution in [0.3, 0.4) is 0 Å². The summed E-state index contributed by atoms with van der Waals surface area (Å²) < 4.78 is 45.8. The summed E-state index contributed by atoms with van der Waals surface area (Å²) in [6.45, 7) is 0.557. The molecule has 0 saturated carbocycles. The number of hydrogen-bond donors (Lipinski definition) is 1. The SMILES string of the molecule is O=C(O)C1COC2(CCN(S(=O)(=O)c3ccccc3F)CC2)C1. The second kappa shape index (κ2) is 5.85. The van der Waals surface area contributed by atoms with Crippen molar-refractivity contribution >= 4 is 16.0 Å². The number of sulfonamides is 1. The zero-order chi connectivity index (χ0) is 16.7. The Kier molecular flexibility index (Phi) is 4.16. The highest BCUT2D eigenvalue weighted by Crippen LogP contribution is 2.39. The zero-order valence-electron chi connectivity index (χ0n) is 12.4. The van der Waals surface area contributed by atoms with E-state index in [1.807, 2.05) is 0 Å². The number of nitrogens with zero attached hydrogens (tertiary/aromatic N) is 1. The summed E-state index contributed by atoms with van der Waals surface area (Å²) in [4.78, 5) is 10.7. The van der Waals surface area contributed by atoms with Crippen molar-refractivity contribution in [1.82, 2.24) is 4.31 Å². The van der Waals surface area contributed by atoms with Gasteiger partial charge in [-0.2, -0.15) is 4.31 Å². The molecule has 0 aromatic heterocycles. The summed E-state index contributed by atoms with van der Waals surface area (Å²) in [6, 6.07) is 5.30. The van der Waals surface area contributed by atoms with Gasteiger partial charge in [-0.1, -0.05) is 12.1 Å². The van der Waals surface area contributed by atoms with Gasteiger partial charge in [-0.25, -0.2) is 12.8 Å². The fraction of sp³-hybridized carbons (Fsp3) is 0.533. The van der Waals surface area contributed by atoms with Crippen molar-refractivity contribution in [3.63, 3.8) is 0 Å². The predicted octanol–water partition coefficient (Wildman–Crippen LogP) is 1.47. The van der Waals surface area contributed by atoms with E-state index in [0.29, 0.717) is 19.3 Å². The highest BCUT2D eigenvalue weighted by Gasteiger charge is 2.46. The lowest BCUT2D eigenvalue weighted by atomic mass is 9.86. The molecule has 1 spiro atoms. The molecule has 1 aromatic carbocycles. The Hall–Kier alpha value is -1.51. The topological polar surface area (TPSA) is 83.9 Å². The van der Waals surface area contributed by atoms with Gasteiger partial charge in [0.1, 0.15) is 10.7 Å². The molecule has 2 heterocycles. The average Bonchev–Trinajstić information content (AvgIpc) is 2.92. The molecular weight excluding hydrogens is 325 g/mol. The highest BCUT2D eigenvalue weighted by atomic mass is 32.2. The van der Waals surface area contributed by atoms with Gasteiger partial charge in [-0.3, -0.25) is 4.79 Å². The lowest BCUT2D eigenvalue weighted by Crippen LogP contribution is -2.46. The van der Waals surface area contributed by atoms with E-state index < -0.39 is 33.3 Å². The second-order valence-electron chi connectivity index (χ2n) is 6.07. The molecule has 2 fully saturated rings. The van der Waals surface area contributed by atoms with Crippen LogP contribution < -0.4 is 0 Å². The third kappa shape index (κ3) is 2.98. The summed E-state index contributed by atoms with van der Waals surface area (Å²) in [5, 5.41) is 9.06. The van der Waals surface area contributed by atoms with E-state index in [2.05, 4.69) is 0 Å². The van der Waals surface area contributed by atoms with Gasteiger partial charge in [0, 0.05) is 13.1 Å². The van der Waals surface area contributed by atoms with Crippen LogP contribution in [-0.2, 0) is 19.6 Å². The first-order valence-corrected chi connectivity index (χ1v) is 8.90. The third-order valence-electron chi connectivity index (χ3n) is 4.65. The summed E-state index contributed by atoms with van der Waals surface area (Å²) in [6.07, 6.45) is 1.24. The van der Waals surface area contributed by atoms with Gasteiger partial charge < -0.3 is 9.84 Å². The summed E-state index contributed by atoms with van der Waals surface area (Å²) >= 11 is 0. The maximum absolute atomic E-state index is 13.8. The Morgan fingerprint density at radius 1 is 1.30 bits per heavy atom. The largest absolute Gasteiger partial charge is 0.481 e. The van der Waals surface area contributed by atoms with Crippen LogP contribution in [0, 0.1) is 11.7 Å². The molecule has 6 nitrogen and oxygen atoms in total. The molecule has 126 valence electrons. The maximum atomic E-state index is 13.8. The lowest BCUT2D eigenvalue weighted by Gasteiger charge is -2.37. The van der Waals surface area contributed by atoms with E-state index in [9.17, 15) is 17.6 Å². The molecule has 0 bridgehead atoms. The molecule has 0 radical (unpaired) electrons. The van der Waals surface area contributed by atoms with Gasteiger partial charge in [0.2, 0.25) is 10.0 Å². The normalized spacial score (nSPS) is 24.8. The van der Waals surface area contributed by atoms with Crippen molar-refractivity contribution < 1.29 is 27.4 Å². The summed E-state index contributed by atoms with van der Waals surface area (Å²) in [7, 11) is -3.88. The van der Waals surface area contributed by atoms with Crippen LogP contribution in [0.2, 0.25) is 0 Å². The first kappa shape index (κ1) is 16.4. The van der Waals surface area contributed by atoms with Gasteiger partial charge >= 0.3 is 5.97 Å². The zero-order valence-corrected chi connectivity index (χ0v) is 13.3. The molecule has 2 aliphatic heterocycles. The van der Waals surface area contributed by atoms with Crippen LogP contribution in [-0.4, -0.2) is 49.1 Å². The summed E-state index contributed by atoms with van der Waals surface area (Å²) in [5.74, 6) is -2.19. The minimum Gasteiger partial charge on any atom is -0.481 e. The molecule has 2 aliphatic rings. The molecule has 0 aliphatic carbocycles. The lowest BCUT2D eigenvalue weighted by molar-refractivity contribution is -0.141. The number of carbonyl (C=O) groups is 1. The van der Waals surface area contributed by atoms with E-state index in [4.69, 9.17) is 9.84 Å². The van der Waals surface area contributed by atoms with Crippen molar-refractivity contribution in [2.24, 2.45) is 5.92 Å². The Labute approximate surface area is 133 Å². The van der Waals surface area contributed by atoms with E-state index in [1.165, 1.54) is 22.5 Å². The smallest absolute Gasteiger partial charge is 0.308 e. The van der Waals surface area contributed by atoms with Crippen LogP contribution in [0.1, 0.15) is 19.3 Å². The van der Waals surface area contributed by atoms with Crippen LogP contribution >= 0.6 is 0 Å². The Morgan fingerprint density at radius 2 is 1.96 bits per heavy atom. The van der Waals surface area contributed by atoms with Crippen molar-refractivity contribution in [2.45, 2.75) is 29.8 Å². The molecule has 1 N–H and O–H groups in total. The molecule has 23 heavy (non-hydrogen) atoms. The fourth-order valence-corrected chi connectivity index (χ4v) is 4.78. The molecule has 2 saturated heterocycles. The number of ether oxygens (including phenoxy) is 1. The van der Waals surface area contributed by atoms with Gasteiger partial charge in [0.15, 0.2) is 0 Å². The number of carboxylic acid groups (broad SMARTS) is 1. The first-order chi connectivity index (χ1) is 10.8. The molecule has 0 amide bonds. The molecule has 1 atom stereocenters. The number of rotatable bonds is 3. The number of aliphatic carboxylic acids is 1. The van der Waals surface area contributed by atoms with Crippen LogP contribution in [0.15, 0.2) is 29.2 Å². The molecule has 8 heteroatoms. The van der Waals surface area contributed by atoms with Gasteiger partial charge in [0.25, 0.3) is 0 Å². The molecule has 3 rings (SSSR count). The average molecular weight is 343 g/mol. The Bertz CT molecular complexity index is 712. The van der Waals surface area contributed by atoms with Crippen molar-refractivity contribution in [3.05, 3.63) is 30.1 Å². The number of halogens is 1. The second-order valence-corrected chi connectivity index (χ2v) is 7.97. The van der Waals surface area contributed by atoms with Gasteiger partial charge in [-0.15, -0.1) is 0 Å². The van der Waals surface area contributed by atoms with Gasteiger partial charge in [0.05, 0.1) is 18.1 Å². The standard InChI is InChI=1S/C15H18FNO5S/c16-12-3-1-2-4-13(12)23(20,21)17-7-5-15(6-8-17)9-11(10-22-15)14(18)19/h1-4,11H,5-10H2,(H,18,19). The summed E-state index contributed by atoms with van der Waals surface area (Å²) in [5.41, 5.74) is -0.565. The maximum Gasteiger partial charge on any atom is 0.308 e. The first-order valence-electron chi connectivity index (χ1n) is 7.46. The van der Waals surface area contributed by atoms with Crippen molar-refractivity contribution in [3.8, 4) is 0 Å². The van der Waals surface area contributed by atoms with E-state index in [1.54, 1.807) is 0 Å². The fourth-order valence-electron chi connectivity index (χ4n) is 3.28. The number of piperidine rings is 1. The minimum atomic E-state index is -3.88. The van der Waals surface area contributed by atoms with Crippen molar-refractivity contribution in [1.29, 1.82) is 0 Å². The van der Waals surface area contributed by atoms with E-state index in [0.717, 1.165) is 6.07 Å².